The van der Waals surface area contributed by atoms with E-state index in [0.717, 1.165) is 22.3 Å². The number of nitro groups is 1. The molecule has 1 heterocycles. The molecule has 0 radical (unpaired) electrons. The SMILES string of the molecule is Cc1ccc(OCC(=O)NN2C(=O)C(=Cc3cccc([N+](=O)[O-])c3)SC2=S)cc1. The number of carbonyl (C=O) groups excluding carboxylic acids is 2. The van der Waals surface area contributed by atoms with Crippen LogP contribution in [0, 0.1) is 17.0 Å². The second-order valence-electron chi connectivity index (χ2n) is 6.01. The molecule has 0 bridgehead atoms. The van der Waals surface area contributed by atoms with Crippen molar-refractivity contribution in [2.45, 2.75) is 6.92 Å². The third kappa shape index (κ3) is 5.18. The van der Waals surface area contributed by atoms with Crippen molar-refractivity contribution in [2.24, 2.45) is 0 Å². The van der Waals surface area contributed by atoms with E-state index < -0.39 is 16.7 Å². The van der Waals surface area contributed by atoms with Gasteiger partial charge in [-0.15, -0.1) is 0 Å². The van der Waals surface area contributed by atoms with Crippen LogP contribution in [0.25, 0.3) is 6.08 Å². The molecule has 0 spiro atoms. The Bertz CT molecular complexity index is 1020. The van der Waals surface area contributed by atoms with Gasteiger partial charge in [-0.05, 0) is 42.9 Å². The molecule has 2 amide bonds. The van der Waals surface area contributed by atoms with Crippen molar-refractivity contribution in [1.82, 2.24) is 10.4 Å². The zero-order valence-corrected chi connectivity index (χ0v) is 16.8. The second-order valence-corrected chi connectivity index (χ2v) is 7.68. The number of hydrogen-bond donors (Lipinski definition) is 1. The number of nitrogens with zero attached hydrogens (tertiary/aromatic N) is 2. The first-order valence-corrected chi connectivity index (χ1v) is 9.57. The van der Waals surface area contributed by atoms with Crippen LogP contribution in [0.5, 0.6) is 5.75 Å². The average Bonchev–Trinajstić information content (AvgIpc) is 2.95. The minimum absolute atomic E-state index is 0.0872. The van der Waals surface area contributed by atoms with Crippen molar-refractivity contribution in [3.63, 3.8) is 0 Å². The van der Waals surface area contributed by atoms with Crippen molar-refractivity contribution in [1.29, 1.82) is 0 Å². The van der Waals surface area contributed by atoms with Crippen LogP contribution in [0.3, 0.4) is 0 Å². The maximum Gasteiger partial charge on any atom is 0.285 e. The molecular formula is C19H15N3O5S2. The van der Waals surface area contributed by atoms with E-state index in [1.54, 1.807) is 18.2 Å². The summed E-state index contributed by atoms with van der Waals surface area (Å²) in [5, 5.41) is 11.8. The van der Waals surface area contributed by atoms with Gasteiger partial charge in [0.25, 0.3) is 17.5 Å². The van der Waals surface area contributed by atoms with Crippen molar-refractivity contribution in [3.05, 3.63) is 74.7 Å². The van der Waals surface area contributed by atoms with Gasteiger partial charge >= 0.3 is 0 Å². The third-order valence-electron chi connectivity index (χ3n) is 3.80. The highest BCUT2D eigenvalue weighted by atomic mass is 32.2. The molecular weight excluding hydrogens is 414 g/mol. The summed E-state index contributed by atoms with van der Waals surface area (Å²) in [5.41, 5.74) is 3.87. The fourth-order valence-corrected chi connectivity index (χ4v) is 3.56. The molecule has 0 aliphatic carbocycles. The first-order chi connectivity index (χ1) is 13.8. The number of non-ortho nitro benzene ring substituents is 1. The summed E-state index contributed by atoms with van der Waals surface area (Å²) in [7, 11) is 0. The molecule has 0 unspecified atom stereocenters. The maximum absolute atomic E-state index is 12.5. The van der Waals surface area contributed by atoms with Crippen LogP contribution in [0.4, 0.5) is 5.69 Å². The van der Waals surface area contributed by atoms with Crippen LogP contribution in [-0.4, -0.2) is 32.7 Å². The normalized spacial score (nSPS) is 14.9. The summed E-state index contributed by atoms with van der Waals surface area (Å²) in [6, 6.07) is 13.1. The number of benzene rings is 2. The van der Waals surface area contributed by atoms with Gasteiger partial charge in [0.15, 0.2) is 10.9 Å². The molecule has 1 N–H and O–H groups in total. The van der Waals surface area contributed by atoms with Gasteiger partial charge in [-0.25, -0.2) is 0 Å². The molecule has 2 aromatic carbocycles. The number of hydrazine groups is 1. The summed E-state index contributed by atoms with van der Waals surface area (Å²) < 4.78 is 5.53. The van der Waals surface area contributed by atoms with E-state index in [1.165, 1.54) is 24.3 Å². The lowest BCUT2D eigenvalue weighted by Crippen LogP contribution is -2.46. The van der Waals surface area contributed by atoms with Crippen LogP contribution >= 0.6 is 24.0 Å². The number of thioether (sulfide) groups is 1. The van der Waals surface area contributed by atoms with Gasteiger partial charge in [0.1, 0.15) is 5.75 Å². The van der Waals surface area contributed by atoms with Crippen molar-refractivity contribution in [3.8, 4) is 5.75 Å². The van der Waals surface area contributed by atoms with Crippen LogP contribution in [0.2, 0.25) is 0 Å². The minimum Gasteiger partial charge on any atom is -0.484 e. The Morgan fingerprint density at radius 3 is 2.72 bits per heavy atom. The smallest absolute Gasteiger partial charge is 0.285 e. The number of rotatable bonds is 6. The molecule has 2 aromatic rings. The fourth-order valence-electron chi connectivity index (χ4n) is 2.38. The molecule has 1 aliphatic heterocycles. The minimum atomic E-state index is -0.543. The van der Waals surface area contributed by atoms with E-state index >= 15 is 0 Å². The van der Waals surface area contributed by atoms with Gasteiger partial charge in [0.05, 0.1) is 9.83 Å². The van der Waals surface area contributed by atoms with Gasteiger partial charge in [-0.3, -0.25) is 25.1 Å². The van der Waals surface area contributed by atoms with Crippen LogP contribution in [0.15, 0.2) is 53.4 Å². The molecule has 0 aromatic heterocycles. The molecule has 1 fully saturated rings. The predicted octanol–water partition coefficient (Wildman–Crippen LogP) is 3.21. The molecule has 10 heteroatoms. The number of carbonyl (C=O) groups is 2. The van der Waals surface area contributed by atoms with Crippen LogP contribution in [0.1, 0.15) is 11.1 Å². The first-order valence-electron chi connectivity index (χ1n) is 8.35. The van der Waals surface area contributed by atoms with Gasteiger partial charge in [-0.1, -0.05) is 41.6 Å². The molecule has 0 saturated carbocycles. The Balaban J connectivity index is 1.64. The lowest BCUT2D eigenvalue weighted by atomic mass is 10.2. The van der Waals surface area contributed by atoms with Gasteiger partial charge in [-0.2, -0.15) is 5.01 Å². The number of aryl methyl sites for hydroxylation is 1. The molecule has 1 aliphatic rings. The van der Waals surface area contributed by atoms with Gasteiger partial charge in [0, 0.05) is 12.1 Å². The van der Waals surface area contributed by atoms with E-state index in [2.05, 4.69) is 5.43 Å². The highest BCUT2D eigenvalue weighted by molar-refractivity contribution is 8.26. The number of nitrogens with one attached hydrogen (secondary N) is 1. The van der Waals surface area contributed by atoms with Gasteiger partial charge < -0.3 is 4.74 Å². The number of amides is 2. The van der Waals surface area contributed by atoms with E-state index in [9.17, 15) is 19.7 Å². The number of hydrogen-bond acceptors (Lipinski definition) is 7. The van der Waals surface area contributed by atoms with Crippen molar-refractivity contribution >= 4 is 51.9 Å². The molecule has 29 heavy (non-hydrogen) atoms. The van der Waals surface area contributed by atoms with Crippen molar-refractivity contribution < 1.29 is 19.2 Å². The molecule has 0 atom stereocenters. The maximum atomic E-state index is 12.5. The topological polar surface area (TPSA) is 102 Å². The predicted molar refractivity (Wildman–Crippen MR) is 113 cm³/mol. The Morgan fingerprint density at radius 2 is 2.03 bits per heavy atom. The lowest BCUT2D eigenvalue weighted by Gasteiger charge is -2.15. The quantitative estimate of drug-likeness (QED) is 0.326. The Morgan fingerprint density at radius 1 is 1.31 bits per heavy atom. The largest absolute Gasteiger partial charge is 0.484 e. The Labute approximate surface area is 175 Å². The Kier molecular flexibility index (Phi) is 6.25. The van der Waals surface area contributed by atoms with E-state index in [0.29, 0.717) is 11.3 Å². The van der Waals surface area contributed by atoms with Crippen LogP contribution < -0.4 is 10.2 Å². The summed E-state index contributed by atoms with van der Waals surface area (Å²) in [6.07, 6.45) is 1.49. The van der Waals surface area contributed by atoms with E-state index in [4.69, 9.17) is 17.0 Å². The summed E-state index contributed by atoms with van der Waals surface area (Å²) in [6.45, 7) is 1.65. The zero-order chi connectivity index (χ0) is 21.0. The molecule has 148 valence electrons. The third-order valence-corrected chi connectivity index (χ3v) is 5.10. The summed E-state index contributed by atoms with van der Waals surface area (Å²) in [4.78, 5) is 35.3. The molecule has 3 rings (SSSR count). The Hall–Kier alpha value is -3.24. The lowest BCUT2D eigenvalue weighted by molar-refractivity contribution is -0.384. The summed E-state index contributed by atoms with van der Waals surface area (Å²) >= 11 is 6.14. The number of thiocarbonyl (C=S) groups is 1. The van der Waals surface area contributed by atoms with E-state index in [1.807, 2.05) is 19.1 Å². The van der Waals surface area contributed by atoms with Gasteiger partial charge in [0.2, 0.25) is 0 Å². The van der Waals surface area contributed by atoms with Crippen molar-refractivity contribution in [2.75, 3.05) is 6.61 Å². The number of nitro benzene ring substituents is 1. The standard InChI is InChI=1S/C19H15N3O5S2/c1-12-5-7-15(8-6-12)27-11-17(23)20-21-18(24)16(29-19(21)28)10-13-3-2-4-14(9-13)22(25)26/h2-10H,11H2,1H3,(H,20,23). The highest BCUT2D eigenvalue weighted by Gasteiger charge is 2.33. The fraction of sp³-hybridized carbons (Fsp3) is 0.105. The molecule has 8 nitrogen and oxygen atoms in total. The highest BCUT2D eigenvalue weighted by Crippen LogP contribution is 2.31. The molecule has 1 saturated heterocycles. The van der Waals surface area contributed by atoms with Crippen LogP contribution in [-0.2, 0) is 9.59 Å². The second kappa shape index (κ2) is 8.84. The van der Waals surface area contributed by atoms with E-state index in [-0.39, 0.29) is 21.5 Å². The monoisotopic (exact) mass is 429 g/mol. The first kappa shape index (κ1) is 20.5. The average molecular weight is 429 g/mol. The zero-order valence-electron chi connectivity index (χ0n) is 15.2. The number of ether oxygens (including phenoxy) is 1. The summed E-state index contributed by atoms with van der Waals surface area (Å²) in [5.74, 6) is -0.532.